The van der Waals surface area contributed by atoms with Crippen LogP contribution in [0.3, 0.4) is 0 Å². The van der Waals surface area contributed by atoms with Crippen molar-refractivity contribution in [2.45, 2.75) is 12.1 Å². The third-order valence-corrected chi connectivity index (χ3v) is 3.49. The third-order valence-electron chi connectivity index (χ3n) is 2.85. The van der Waals surface area contributed by atoms with Gasteiger partial charge in [0.15, 0.2) is 16.7 Å². The maximum Gasteiger partial charge on any atom is 0.359 e. The van der Waals surface area contributed by atoms with Gasteiger partial charge in [-0.15, -0.1) is 0 Å². The van der Waals surface area contributed by atoms with Crippen LogP contribution in [0.1, 0.15) is 17.4 Å². The summed E-state index contributed by atoms with van der Waals surface area (Å²) in [4.78, 5) is 16.4. The largest absolute Gasteiger partial charge is 0.495 e. The maximum absolute atomic E-state index is 12.2. The van der Waals surface area contributed by atoms with Gasteiger partial charge in [0, 0.05) is 0 Å². The molecule has 0 unspecified atom stereocenters. The van der Waals surface area contributed by atoms with Crippen LogP contribution in [-0.4, -0.2) is 35.5 Å². The van der Waals surface area contributed by atoms with Crippen LogP contribution in [-0.2, 0) is 4.74 Å². The quantitative estimate of drug-likeness (QED) is 0.675. The average Bonchev–Trinajstić information content (AvgIpc) is 2.83. The van der Waals surface area contributed by atoms with Crippen molar-refractivity contribution in [3.8, 4) is 11.4 Å². The van der Waals surface area contributed by atoms with Crippen LogP contribution in [0.15, 0.2) is 29.4 Å². The Bertz CT molecular complexity index is 655. The minimum Gasteiger partial charge on any atom is -0.495 e. The normalized spacial score (nSPS) is 10.4. The first kappa shape index (κ1) is 15.2. The van der Waals surface area contributed by atoms with E-state index in [0.717, 1.165) is 0 Å². The number of thioether (sulfide) groups is 1. The fourth-order valence-corrected chi connectivity index (χ4v) is 2.55. The zero-order chi connectivity index (χ0) is 15.4. The Hall–Kier alpha value is -2.15. The van der Waals surface area contributed by atoms with E-state index in [-0.39, 0.29) is 18.1 Å². The number of carbonyl (C=O) groups excluding carboxylic acids is 1. The van der Waals surface area contributed by atoms with Crippen molar-refractivity contribution in [1.82, 2.24) is 9.55 Å². The zero-order valence-corrected chi connectivity index (χ0v) is 12.9. The Balaban J connectivity index is 2.68. The molecule has 0 aliphatic carbocycles. The summed E-state index contributed by atoms with van der Waals surface area (Å²) in [6, 6.07) is 7.35. The molecule has 112 valence electrons. The van der Waals surface area contributed by atoms with E-state index in [1.807, 2.05) is 30.5 Å². The van der Waals surface area contributed by atoms with Crippen molar-refractivity contribution in [3.63, 3.8) is 0 Å². The molecule has 2 N–H and O–H groups in total. The number of imidazole rings is 1. The van der Waals surface area contributed by atoms with Crippen LogP contribution < -0.4 is 10.5 Å². The molecule has 1 heterocycles. The summed E-state index contributed by atoms with van der Waals surface area (Å²) in [5.41, 5.74) is 6.80. The number of nitrogens with two attached hydrogens (primary N) is 1. The first-order valence-electron chi connectivity index (χ1n) is 6.36. The van der Waals surface area contributed by atoms with Crippen molar-refractivity contribution in [1.29, 1.82) is 0 Å². The van der Waals surface area contributed by atoms with E-state index in [1.54, 1.807) is 18.6 Å². The second-order valence-electron chi connectivity index (χ2n) is 4.06. The molecule has 0 aliphatic rings. The molecule has 0 aliphatic heterocycles. The fourth-order valence-electron chi connectivity index (χ4n) is 1.99. The summed E-state index contributed by atoms with van der Waals surface area (Å²) >= 11 is 1.39. The Morgan fingerprint density at radius 2 is 2.14 bits per heavy atom. The molecule has 0 fully saturated rings. The molecule has 1 aromatic carbocycles. The van der Waals surface area contributed by atoms with Crippen molar-refractivity contribution < 1.29 is 14.3 Å². The highest BCUT2D eigenvalue weighted by molar-refractivity contribution is 7.98. The standard InChI is InChI=1S/C14H17N3O3S/c1-4-20-13(18)11-12(15)16-14(21-3)17(11)9-7-5-6-8-10(9)19-2/h5-8H,4,15H2,1-3H3. The first-order chi connectivity index (χ1) is 10.1. The van der Waals surface area contributed by atoms with E-state index in [4.69, 9.17) is 15.2 Å². The molecule has 0 amide bonds. The van der Waals surface area contributed by atoms with Gasteiger partial charge in [0.2, 0.25) is 0 Å². The van der Waals surface area contributed by atoms with Gasteiger partial charge in [0.25, 0.3) is 0 Å². The highest BCUT2D eigenvalue weighted by Crippen LogP contribution is 2.31. The number of esters is 1. The predicted molar refractivity (Wildman–Crippen MR) is 82.3 cm³/mol. The second-order valence-corrected chi connectivity index (χ2v) is 4.83. The fraction of sp³-hybridized carbons (Fsp3) is 0.286. The topological polar surface area (TPSA) is 79.4 Å². The molecule has 0 atom stereocenters. The monoisotopic (exact) mass is 307 g/mol. The van der Waals surface area contributed by atoms with Crippen molar-refractivity contribution in [2.75, 3.05) is 25.7 Å². The molecule has 0 saturated heterocycles. The molecular weight excluding hydrogens is 290 g/mol. The second kappa shape index (κ2) is 6.53. The number of rotatable bonds is 5. The van der Waals surface area contributed by atoms with E-state index in [0.29, 0.717) is 16.6 Å². The van der Waals surface area contributed by atoms with Gasteiger partial charge in [-0.1, -0.05) is 23.9 Å². The van der Waals surface area contributed by atoms with E-state index in [1.165, 1.54) is 11.8 Å². The van der Waals surface area contributed by atoms with Crippen LogP contribution in [0, 0.1) is 0 Å². The highest BCUT2D eigenvalue weighted by atomic mass is 32.2. The van der Waals surface area contributed by atoms with Gasteiger partial charge in [-0.25, -0.2) is 9.78 Å². The van der Waals surface area contributed by atoms with E-state index in [2.05, 4.69) is 4.98 Å². The third kappa shape index (κ3) is 2.82. The summed E-state index contributed by atoms with van der Waals surface area (Å²) in [5, 5.41) is 0.597. The molecule has 6 nitrogen and oxygen atoms in total. The maximum atomic E-state index is 12.2. The molecule has 21 heavy (non-hydrogen) atoms. The zero-order valence-electron chi connectivity index (χ0n) is 12.1. The molecular formula is C14H17N3O3S. The van der Waals surface area contributed by atoms with Crippen molar-refractivity contribution in [2.24, 2.45) is 0 Å². The lowest BCUT2D eigenvalue weighted by atomic mass is 10.2. The van der Waals surface area contributed by atoms with Gasteiger partial charge in [-0.2, -0.15) is 0 Å². The van der Waals surface area contributed by atoms with Crippen LogP contribution in [0.5, 0.6) is 5.75 Å². The lowest BCUT2D eigenvalue weighted by molar-refractivity contribution is 0.0517. The molecule has 0 radical (unpaired) electrons. The molecule has 1 aromatic heterocycles. The summed E-state index contributed by atoms with van der Waals surface area (Å²) in [5.74, 6) is 0.258. The molecule has 2 rings (SSSR count). The lowest BCUT2D eigenvalue weighted by Crippen LogP contribution is -2.14. The smallest absolute Gasteiger partial charge is 0.359 e. The molecule has 2 aromatic rings. The van der Waals surface area contributed by atoms with Gasteiger partial charge >= 0.3 is 5.97 Å². The van der Waals surface area contributed by atoms with Crippen LogP contribution in [0.25, 0.3) is 5.69 Å². The molecule has 7 heteroatoms. The minimum atomic E-state index is -0.506. The summed E-state index contributed by atoms with van der Waals surface area (Å²) < 4.78 is 12.1. The van der Waals surface area contributed by atoms with Crippen molar-refractivity contribution in [3.05, 3.63) is 30.0 Å². The molecule has 0 spiro atoms. The van der Waals surface area contributed by atoms with Crippen LogP contribution in [0.2, 0.25) is 0 Å². The highest BCUT2D eigenvalue weighted by Gasteiger charge is 2.25. The Morgan fingerprint density at radius 3 is 2.76 bits per heavy atom. The number of para-hydroxylation sites is 2. The van der Waals surface area contributed by atoms with Gasteiger partial charge in [-0.3, -0.25) is 4.57 Å². The van der Waals surface area contributed by atoms with Crippen LogP contribution in [0.4, 0.5) is 5.82 Å². The number of nitrogen functional groups attached to an aromatic ring is 1. The predicted octanol–water partition coefficient (Wildman–Crippen LogP) is 2.36. The number of aromatic nitrogens is 2. The Kier molecular flexibility index (Phi) is 4.74. The van der Waals surface area contributed by atoms with Crippen LogP contribution >= 0.6 is 11.8 Å². The number of methoxy groups -OCH3 is 1. The lowest BCUT2D eigenvalue weighted by Gasteiger charge is -2.13. The number of ether oxygens (including phenoxy) is 2. The number of nitrogens with zero attached hydrogens (tertiary/aromatic N) is 2. The SMILES string of the molecule is CCOC(=O)c1c(N)nc(SC)n1-c1ccccc1OC. The Labute approximate surface area is 127 Å². The number of hydrogen-bond donors (Lipinski definition) is 1. The van der Waals surface area contributed by atoms with Gasteiger partial charge in [0.1, 0.15) is 5.75 Å². The van der Waals surface area contributed by atoms with E-state index >= 15 is 0 Å². The Morgan fingerprint density at radius 1 is 1.43 bits per heavy atom. The van der Waals surface area contributed by atoms with Gasteiger partial charge in [-0.05, 0) is 25.3 Å². The van der Waals surface area contributed by atoms with E-state index in [9.17, 15) is 4.79 Å². The van der Waals surface area contributed by atoms with Gasteiger partial charge < -0.3 is 15.2 Å². The number of benzene rings is 1. The molecule has 0 saturated carbocycles. The van der Waals surface area contributed by atoms with Gasteiger partial charge in [0.05, 0.1) is 19.4 Å². The minimum absolute atomic E-state index is 0.142. The summed E-state index contributed by atoms with van der Waals surface area (Å²) in [7, 11) is 1.57. The molecule has 0 bridgehead atoms. The number of anilines is 1. The number of hydrogen-bond acceptors (Lipinski definition) is 6. The average molecular weight is 307 g/mol. The van der Waals surface area contributed by atoms with Crippen molar-refractivity contribution >= 4 is 23.5 Å². The summed E-state index contributed by atoms with van der Waals surface area (Å²) in [6.45, 7) is 2.01. The first-order valence-corrected chi connectivity index (χ1v) is 7.59. The van der Waals surface area contributed by atoms with E-state index < -0.39 is 5.97 Å². The number of carbonyl (C=O) groups is 1. The summed E-state index contributed by atoms with van der Waals surface area (Å²) in [6.07, 6.45) is 1.86.